The number of carbonyl (C=O) groups excluding carboxylic acids is 3. The second kappa shape index (κ2) is 11.7. The van der Waals surface area contributed by atoms with Crippen molar-refractivity contribution in [3.8, 4) is 0 Å². The Hall–Kier alpha value is -4.14. The third-order valence-electron chi connectivity index (χ3n) is 7.42. The third-order valence-corrected chi connectivity index (χ3v) is 7.42. The van der Waals surface area contributed by atoms with E-state index in [9.17, 15) is 23.2 Å². The SMILES string of the molecule is CN1CCCCCC1=O.Cc1cccc(F)c1F.NC(=O)c1ccc2c(c1)CC1(C2)C(=O)Nc2ncccc21. The molecule has 9 heteroatoms. The summed E-state index contributed by atoms with van der Waals surface area (Å²) >= 11 is 0. The van der Waals surface area contributed by atoms with Crippen LogP contribution in [0.4, 0.5) is 14.6 Å². The molecule has 1 aromatic heterocycles. The maximum absolute atomic E-state index is 12.5. The lowest BCUT2D eigenvalue weighted by Crippen LogP contribution is -2.35. The molecule has 3 aromatic rings. The van der Waals surface area contributed by atoms with Crippen LogP contribution in [0.2, 0.25) is 0 Å². The Morgan fingerprint density at radius 2 is 1.79 bits per heavy atom. The molecule has 2 aliphatic heterocycles. The number of nitrogens with zero attached hydrogens (tertiary/aromatic N) is 2. The second-order valence-corrected chi connectivity index (χ2v) is 10.1. The Kier molecular flexibility index (Phi) is 8.38. The van der Waals surface area contributed by atoms with E-state index in [0.29, 0.717) is 35.7 Å². The van der Waals surface area contributed by atoms with Crippen molar-refractivity contribution in [3.63, 3.8) is 0 Å². The normalized spacial score (nSPS) is 19.1. The number of nitrogens with one attached hydrogen (secondary N) is 1. The highest BCUT2D eigenvalue weighted by Crippen LogP contribution is 2.46. The van der Waals surface area contributed by atoms with E-state index in [2.05, 4.69) is 10.3 Å². The van der Waals surface area contributed by atoms with Crippen LogP contribution in [-0.2, 0) is 27.8 Å². The minimum Gasteiger partial charge on any atom is -0.366 e. The summed E-state index contributed by atoms with van der Waals surface area (Å²) in [7, 11) is 1.88. The highest BCUT2D eigenvalue weighted by atomic mass is 19.2. The van der Waals surface area contributed by atoms with Gasteiger partial charge in [0, 0.05) is 37.3 Å². The number of carbonyl (C=O) groups is 3. The Morgan fingerprint density at radius 1 is 1.03 bits per heavy atom. The summed E-state index contributed by atoms with van der Waals surface area (Å²) in [6.07, 6.45) is 7.13. The van der Waals surface area contributed by atoms with Gasteiger partial charge in [-0.05, 0) is 73.6 Å². The van der Waals surface area contributed by atoms with Gasteiger partial charge in [0.2, 0.25) is 17.7 Å². The minimum atomic E-state index is -0.782. The van der Waals surface area contributed by atoms with Gasteiger partial charge >= 0.3 is 0 Å². The van der Waals surface area contributed by atoms with Gasteiger partial charge in [-0.2, -0.15) is 0 Å². The quantitative estimate of drug-likeness (QED) is 0.481. The van der Waals surface area contributed by atoms with Gasteiger partial charge in [-0.3, -0.25) is 14.4 Å². The van der Waals surface area contributed by atoms with E-state index in [0.717, 1.165) is 42.1 Å². The Bertz CT molecular complexity index is 1390. The predicted molar refractivity (Wildman–Crippen MR) is 144 cm³/mol. The van der Waals surface area contributed by atoms with Crippen LogP contribution in [0.15, 0.2) is 54.7 Å². The van der Waals surface area contributed by atoms with Crippen molar-refractivity contribution in [2.45, 2.75) is 50.9 Å². The molecule has 1 fully saturated rings. The maximum atomic E-state index is 12.5. The molecule has 0 bridgehead atoms. The first-order valence-corrected chi connectivity index (χ1v) is 13.0. The molecule has 3 amide bonds. The number of rotatable bonds is 1. The molecule has 1 saturated heterocycles. The molecule has 204 valence electrons. The minimum absolute atomic E-state index is 0.0203. The predicted octanol–water partition coefficient (Wildman–Crippen LogP) is 4.46. The summed E-state index contributed by atoms with van der Waals surface area (Å²) in [6.45, 7) is 2.48. The largest absolute Gasteiger partial charge is 0.366 e. The molecule has 2 aromatic carbocycles. The smallest absolute Gasteiger partial charge is 0.248 e. The molecule has 1 spiro atoms. The molecule has 7 nitrogen and oxygen atoms in total. The van der Waals surface area contributed by atoms with E-state index in [-0.39, 0.29) is 5.91 Å². The molecule has 1 atom stereocenters. The van der Waals surface area contributed by atoms with Crippen molar-refractivity contribution in [2.75, 3.05) is 18.9 Å². The fourth-order valence-electron chi connectivity index (χ4n) is 5.15. The van der Waals surface area contributed by atoms with E-state index < -0.39 is 23.0 Å². The second-order valence-electron chi connectivity index (χ2n) is 10.1. The van der Waals surface area contributed by atoms with Crippen LogP contribution in [-0.4, -0.2) is 41.2 Å². The van der Waals surface area contributed by atoms with Crippen LogP contribution in [0.5, 0.6) is 0 Å². The number of aryl methyl sites for hydroxylation is 1. The molecule has 3 heterocycles. The van der Waals surface area contributed by atoms with Gasteiger partial charge in [0.15, 0.2) is 11.6 Å². The first-order valence-electron chi connectivity index (χ1n) is 13.0. The van der Waals surface area contributed by atoms with E-state index in [1.807, 2.05) is 30.1 Å². The number of fused-ring (bicyclic) bond motifs is 3. The fourth-order valence-corrected chi connectivity index (χ4v) is 5.15. The van der Waals surface area contributed by atoms with Crippen LogP contribution in [0, 0.1) is 18.6 Å². The van der Waals surface area contributed by atoms with E-state index >= 15 is 0 Å². The van der Waals surface area contributed by atoms with Gasteiger partial charge in [-0.15, -0.1) is 0 Å². The monoisotopic (exact) mass is 534 g/mol. The van der Waals surface area contributed by atoms with Gasteiger partial charge in [-0.1, -0.05) is 30.7 Å². The molecule has 39 heavy (non-hydrogen) atoms. The van der Waals surface area contributed by atoms with Gasteiger partial charge in [-0.25, -0.2) is 13.8 Å². The lowest BCUT2D eigenvalue weighted by atomic mass is 9.79. The Balaban J connectivity index is 0.000000162. The summed E-state index contributed by atoms with van der Waals surface area (Å²) < 4.78 is 24.6. The zero-order chi connectivity index (χ0) is 28.2. The van der Waals surface area contributed by atoms with Crippen LogP contribution < -0.4 is 11.1 Å². The van der Waals surface area contributed by atoms with Gasteiger partial charge < -0.3 is 16.0 Å². The summed E-state index contributed by atoms with van der Waals surface area (Å²) in [5.41, 5.74) is 8.60. The summed E-state index contributed by atoms with van der Waals surface area (Å²) in [4.78, 5) is 40.8. The van der Waals surface area contributed by atoms with E-state index in [1.54, 1.807) is 18.3 Å². The van der Waals surface area contributed by atoms with Crippen LogP contribution in [0.3, 0.4) is 0 Å². The fraction of sp³-hybridized carbons (Fsp3) is 0.333. The number of benzene rings is 2. The number of primary amides is 1. The highest BCUT2D eigenvalue weighted by molar-refractivity contribution is 6.06. The summed E-state index contributed by atoms with van der Waals surface area (Å²) in [5.74, 6) is -1.05. The van der Waals surface area contributed by atoms with Crippen molar-refractivity contribution in [1.82, 2.24) is 9.88 Å². The molecule has 1 aliphatic carbocycles. The Labute approximate surface area is 226 Å². The van der Waals surface area contributed by atoms with Crippen LogP contribution >= 0.6 is 0 Å². The first kappa shape index (κ1) is 27.9. The van der Waals surface area contributed by atoms with Gasteiger partial charge in [0.25, 0.3) is 0 Å². The standard InChI is InChI=1S/C16H13N3O2.C7H6F2.C7H13NO/c17-13(20)9-3-4-10-7-16(8-11(10)6-9)12-2-1-5-18-14(12)19-15(16)21;1-5-3-2-4-6(8)7(5)9;1-8-6-4-2-3-5-7(8)9/h1-6H,7-8H2,(H2,17,20)(H,18,19,21);2-4H,1H3;2-6H2,1H3. The zero-order valence-corrected chi connectivity index (χ0v) is 22.1. The highest BCUT2D eigenvalue weighted by Gasteiger charge is 2.51. The molecule has 3 aliphatic rings. The molecule has 0 radical (unpaired) electrons. The number of hydrogen-bond donors (Lipinski definition) is 2. The summed E-state index contributed by atoms with van der Waals surface area (Å²) in [5, 5.41) is 2.86. The van der Waals surface area contributed by atoms with Gasteiger partial charge in [0.1, 0.15) is 5.82 Å². The number of likely N-dealkylation sites (tertiary alicyclic amines) is 1. The number of halogens is 2. The molecule has 6 rings (SSSR count). The average Bonchev–Trinajstić information content (AvgIpc) is 3.36. The topological polar surface area (TPSA) is 105 Å². The van der Waals surface area contributed by atoms with Crippen molar-refractivity contribution < 1.29 is 23.2 Å². The summed E-state index contributed by atoms with van der Waals surface area (Å²) in [6, 6.07) is 13.3. The van der Waals surface area contributed by atoms with Gasteiger partial charge in [0.05, 0.1) is 5.41 Å². The van der Waals surface area contributed by atoms with Crippen molar-refractivity contribution in [2.24, 2.45) is 5.73 Å². The third kappa shape index (κ3) is 5.97. The number of hydrogen-bond acceptors (Lipinski definition) is 4. The average molecular weight is 535 g/mol. The molecule has 3 N–H and O–H groups in total. The van der Waals surface area contributed by atoms with Crippen molar-refractivity contribution >= 4 is 23.5 Å². The molecule has 0 saturated carbocycles. The number of amides is 3. The number of pyridine rings is 1. The van der Waals surface area contributed by atoms with Crippen LogP contribution in [0.25, 0.3) is 0 Å². The Morgan fingerprint density at radius 3 is 2.51 bits per heavy atom. The van der Waals surface area contributed by atoms with Crippen molar-refractivity contribution in [3.05, 3.63) is 94.2 Å². The van der Waals surface area contributed by atoms with Crippen LogP contribution in [0.1, 0.15) is 58.3 Å². The zero-order valence-electron chi connectivity index (χ0n) is 22.1. The number of nitrogens with two attached hydrogens (primary N) is 1. The lowest BCUT2D eigenvalue weighted by Gasteiger charge is -2.20. The number of aromatic nitrogens is 1. The van der Waals surface area contributed by atoms with Crippen molar-refractivity contribution in [1.29, 1.82) is 0 Å². The molecular weight excluding hydrogens is 502 g/mol. The van der Waals surface area contributed by atoms with E-state index in [1.165, 1.54) is 31.9 Å². The molecular formula is C30H32F2N4O3. The van der Waals surface area contributed by atoms with E-state index in [4.69, 9.17) is 5.73 Å². The first-order chi connectivity index (χ1) is 18.6. The molecule has 1 unspecified atom stereocenters. The number of anilines is 1. The lowest BCUT2D eigenvalue weighted by molar-refractivity contribution is -0.129. The maximum Gasteiger partial charge on any atom is 0.248 e.